The minimum Gasteiger partial charge on any atom is -0.101 e. The van der Waals surface area contributed by atoms with Crippen molar-refractivity contribution >= 4 is 23.3 Å². The van der Waals surface area contributed by atoms with Crippen LogP contribution in [-0.4, -0.2) is 0 Å². The fourth-order valence-electron chi connectivity index (χ4n) is 2.59. The molecule has 0 aliphatic heterocycles. The molecular weight excluding hydrogens is 364 g/mol. The lowest BCUT2D eigenvalue weighted by Crippen LogP contribution is -1.96. The van der Waals surface area contributed by atoms with Crippen molar-refractivity contribution in [3.05, 3.63) is 89.5 Å². The largest absolute Gasteiger partial charge is 0.101 e. The molecule has 0 aromatic heterocycles. The fraction of sp³-hybridized carbons (Fsp3) is 0.143. The molecule has 0 spiro atoms. The van der Waals surface area contributed by atoms with Crippen molar-refractivity contribution in [2.75, 3.05) is 0 Å². The number of benzene rings is 3. The topological polar surface area (TPSA) is 0 Å². The van der Waals surface area contributed by atoms with Crippen molar-refractivity contribution < 1.29 is 0 Å². The summed E-state index contributed by atoms with van der Waals surface area (Å²) in [5, 5.41) is 0. The van der Waals surface area contributed by atoms with Crippen molar-refractivity contribution in [3.8, 4) is 0 Å². The zero-order chi connectivity index (χ0) is 16.4. The first kappa shape index (κ1) is 16.4. The molecular formula is C21H21BrS. The molecule has 0 atom stereocenters. The van der Waals surface area contributed by atoms with Crippen LogP contribution in [0, 0.1) is 20.8 Å². The Kier molecular flexibility index (Phi) is 4.65. The maximum atomic E-state index is 4.17. The van der Waals surface area contributed by atoms with Gasteiger partial charge in [-0.3, -0.25) is 0 Å². The molecule has 0 heterocycles. The van der Waals surface area contributed by atoms with E-state index < -0.39 is 8.46 Å². The van der Waals surface area contributed by atoms with Crippen molar-refractivity contribution in [3.63, 3.8) is 0 Å². The molecule has 0 unspecified atom stereocenters. The average Bonchev–Trinajstić information content (AvgIpc) is 2.56. The van der Waals surface area contributed by atoms with E-state index in [0.717, 1.165) is 0 Å². The monoisotopic (exact) mass is 384 g/mol. The third kappa shape index (κ3) is 3.24. The minimum absolute atomic E-state index is 1.29. The van der Waals surface area contributed by atoms with Crippen molar-refractivity contribution in [1.29, 1.82) is 0 Å². The van der Waals surface area contributed by atoms with E-state index in [9.17, 15) is 0 Å². The Bertz CT molecular complexity index is 676. The highest BCUT2D eigenvalue weighted by molar-refractivity contribution is 9.58. The molecule has 0 aliphatic carbocycles. The zero-order valence-electron chi connectivity index (χ0n) is 13.7. The smallest absolute Gasteiger partial charge is 0.00785 e. The van der Waals surface area contributed by atoms with E-state index in [2.05, 4.69) is 108 Å². The maximum absolute atomic E-state index is 4.17. The lowest BCUT2D eigenvalue weighted by molar-refractivity contribution is 1.28. The predicted molar refractivity (Wildman–Crippen MR) is 105 cm³/mol. The van der Waals surface area contributed by atoms with Crippen molar-refractivity contribution in [2.24, 2.45) is 0 Å². The Morgan fingerprint density at radius 3 is 0.913 bits per heavy atom. The van der Waals surface area contributed by atoms with Gasteiger partial charge in [0.15, 0.2) is 0 Å². The van der Waals surface area contributed by atoms with Crippen LogP contribution in [0.15, 0.2) is 87.5 Å². The highest BCUT2D eigenvalue weighted by Crippen LogP contribution is 2.73. The quantitative estimate of drug-likeness (QED) is 0.447. The molecule has 3 aromatic rings. The summed E-state index contributed by atoms with van der Waals surface area (Å²) < 4.78 is 0. The van der Waals surface area contributed by atoms with Crippen LogP contribution in [0.3, 0.4) is 0 Å². The lowest BCUT2D eigenvalue weighted by atomic mass is 10.2. The SMILES string of the molecule is Cc1ccc(S(Br)(c2ccc(C)cc2)c2ccc(C)cc2)cc1. The maximum Gasteiger partial charge on any atom is 0.00785 e. The third-order valence-corrected chi connectivity index (χ3v) is 10.2. The van der Waals surface area contributed by atoms with Gasteiger partial charge in [0.25, 0.3) is 0 Å². The van der Waals surface area contributed by atoms with Crippen LogP contribution in [0.1, 0.15) is 16.7 Å². The molecule has 3 aromatic carbocycles. The van der Waals surface area contributed by atoms with Gasteiger partial charge in [-0.05, 0) is 72.0 Å². The summed E-state index contributed by atoms with van der Waals surface area (Å²) in [6.45, 7) is 6.40. The molecule has 118 valence electrons. The van der Waals surface area contributed by atoms with Crippen LogP contribution in [0.5, 0.6) is 0 Å². The summed E-state index contributed by atoms with van der Waals surface area (Å²) in [6, 6.07) is 26.7. The van der Waals surface area contributed by atoms with Crippen LogP contribution < -0.4 is 0 Å². The van der Waals surface area contributed by atoms with E-state index in [1.165, 1.54) is 31.4 Å². The van der Waals surface area contributed by atoms with E-state index in [1.54, 1.807) is 0 Å². The molecule has 2 heteroatoms. The molecule has 3 rings (SSSR count). The second kappa shape index (κ2) is 6.54. The van der Waals surface area contributed by atoms with Crippen molar-refractivity contribution in [1.82, 2.24) is 0 Å². The summed E-state index contributed by atoms with van der Waals surface area (Å²) in [7, 11) is -1.41. The van der Waals surface area contributed by atoms with Gasteiger partial charge in [0.2, 0.25) is 0 Å². The van der Waals surface area contributed by atoms with Crippen LogP contribution in [0.2, 0.25) is 0 Å². The summed E-state index contributed by atoms with van der Waals surface area (Å²) in [6.07, 6.45) is 0. The first-order valence-corrected chi connectivity index (χ1v) is 11.2. The van der Waals surface area contributed by atoms with Crippen LogP contribution in [-0.2, 0) is 0 Å². The Morgan fingerprint density at radius 1 is 0.478 bits per heavy atom. The molecule has 0 aliphatic rings. The molecule has 0 fully saturated rings. The first-order chi connectivity index (χ1) is 11.0. The summed E-state index contributed by atoms with van der Waals surface area (Å²) in [5.41, 5.74) is 3.86. The predicted octanol–water partition coefficient (Wildman–Crippen LogP) is 7.20. The van der Waals surface area contributed by atoms with E-state index in [1.807, 2.05) is 0 Å². The fourth-order valence-corrected chi connectivity index (χ4v) is 6.88. The van der Waals surface area contributed by atoms with E-state index in [-0.39, 0.29) is 0 Å². The average molecular weight is 385 g/mol. The van der Waals surface area contributed by atoms with E-state index in [0.29, 0.717) is 0 Å². The Hall–Kier alpha value is -1.51. The van der Waals surface area contributed by atoms with E-state index >= 15 is 0 Å². The molecule has 0 saturated heterocycles. The molecule has 0 saturated carbocycles. The van der Waals surface area contributed by atoms with Crippen LogP contribution >= 0.6 is 23.3 Å². The van der Waals surface area contributed by atoms with Gasteiger partial charge in [0.1, 0.15) is 0 Å². The van der Waals surface area contributed by atoms with Crippen LogP contribution in [0.4, 0.5) is 0 Å². The van der Waals surface area contributed by atoms with Gasteiger partial charge in [0, 0.05) is 14.7 Å². The number of aryl methyl sites for hydroxylation is 3. The standard InChI is InChI=1S/C21H21BrS/c1-16-4-10-19(11-5-16)23(22,20-12-6-17(2)7-13-20)21-14-8-18(3)9-15-21/h4-15H,1-3H3. The molecule has 0 nitrogen and oxygen atoms in total. The second-order valence-corrected chi connectivity index (χ2v) is 11.4. The van der Waals surface area contributed by atoms with Gasteiger partial charge in [0.05, 0.1) is 0 Å². The van der Waals surface area contributed by atoms with Gasteiger partial charge in [-0.25, -0.2) is 0 Å². The summed E-state index contributed by atoms with van der Waals surface area (Å²) in [5.74, 6) is 0. The Balaban J connectivity index is 2.21. The molecule has 0 radical (unpaired) electrons. The number of halogens is 1. The summed E-state index contributed by atoms with van der Waals surface area (Å²) in [4.78, 5) is 3.99. The van der Waals surface area contributed by atoms with Gasteiger partial charge >= 0.3 is 0 Å². The van der Waals surface area contributed by atoms with Gasteiger partial charge in [-0.2, -0.15) is 0 Å². The van der Waals surface area contributed by atoms with Gasteiger partial charge in [-0.15, -0.1) is 8.46 Å². The molecule has 0 amide bonds. The van der Waals surface area contributed by atoms with Gasteiger partial charge in [-0.1, -0.05) is 53.1 Å². The Labute approximate surface area is 148 Å². The minimum atomic E-state index is -1.41. The Morgan fingerprint density at radius 2 is 0.696 bits per heavy atom. The van der Waals surface area contributed by atoms with Crippen LogP contribution in [0.25, 0.3) is 0 Å². The molecule has 0 N–H and O–H groups in total. The lowest BCUT2D eigenvalue weighted by Gasteiger charge is -2.35. The highest BCUT2D eigenvalue weighted by Gasteiger charge is 2.28. The number of hydrogen-bond donors (Lipinski definition) is 0. The number of rotatable bonds is 3. The molecule has 0 bridgehead atoms. The number of hydrogen-bond acceptors (Lipinski definition) is 0. The van der Waals surface area contributed by atoms with E-state index in [4.69, 9.17) is 0 Å². The zero-order valence-corrected chi connectivity index (χ0v) is 16.1. The normalized spacial score (nSPS) is 12.2. The third-order valence-electron chi connectivity index (χ3n) is 4.04. The molecule has 23 heavy (non-hydrogen) atoms. The highest BCUT2D eigenvalue weighted by atomic mass is 79.9. The van der Waals surface area contributed by atoms with Crippen molar-refractivity contribution in [2.45, 2.75) is 35.5 Å². The first-order valence-electron chi connectivity index (χ1n) is 7.73. The second-order valence-electron chi connectivity index (χ2n) is 5.98. The summed E-state index contributed by atoms with van der Waals surface area (Å²) >= 11 is 4.17. The van der Waals surface area contributed by atoms with Gasteiger partial charge < -0.3 is 0 Å².